The van der Waals surface area contributed by atoms with Gasteiger partial charge in [-0.15, -0.1) is 0 Å². The smallest absolute Gasteiger partial charge is 0.408 e. The number of imidazole rings is 1. The fraction of sp³-hybridized carbons (Fsp3) is 0.276. The van der Waals surface area contributed by atoms with Crippen LogP contribution in [0.1, 0.15) is 50.9 Å². The molecule has 0 spiro atoms. The van der Waals surface area contributed by atoms with E-state index in [9.17, 15) is 13.6 Å². The van der Waals surface area contributed by atoms with Gasteiger partial charge in [-0.2, -0.15) is 13.9 Å². The summed E-state index contributed by atoms with van der Waals surface area (Å²) in [6.07, 6.45) is 3.85. The summed E-state index contributed by atoms with van der Waals surface area (Å²) in [6, 6.07) is 14.4. The highest BCUT2D eigenvalue weighted by molar-refractivity contribution is 5.84. The van der Waals surface area contributed by atoms with Gasteiger partial charge in [-0.25, -0.2) is 24.4 Å². The first-order valence-corrected chi connectivity index (χ1v) is 13.1. The van der Waals surface area contributed by atoms with E-state index in [1.165, 1.54) is 12.3 Å². The number of nitrogens with zero attached hydrogens (tertiary/aromatic N) is 6. The van der Waals surface area contributed by atoms with Crippen LogP contribution in [0.2, 0.25) is 0 Å². The Labute approximate surface area is 234 Å². The molecule has 0 unspecified atom stereocenters. The Kier molecular flexibility index (Phi) is 6.40. The number of nitrogens with two attached hydrogens (primary N) is 1. The molecule has 1 aliphatic rings. The minimum atomic E-state index is -2.75. The standard InChI is InChI=1S/C29H28F2N8O2/c1-29(2,3)41-28(40)36-20-9-6-16-15-17(7-8-18(16)20)39-25(19-5-4-13-33-24(19)32)35-23-11-10-21(34-26(23)39)22-12-14-38(37-22)27(30)31/h4-5,7-8,10-15,20,27H,6,9H2,1-3H3,(H2,32,33)(H,36,40)/t20-/m0/s1. The number of aromatic nitrogens is 6. The molecule has 5 aromatic rings. The van der Waals surface area contributed by atoms with Crippen molar-refractivity contribution in [1.82, 2.24) is 34.6 Å². The predicted octanol–water partition coefficient (Wildman–Crippen LogP) is 5.84. The molecule has 0 saturated carbocycles. The second kappa shape index (κ2) is 9.95. The lowest BCUT2D eigenvalue weighted by Gasteiger charge is -2.22. The van der Waals surface area contributed by atoms with Crippen molar-refractivity contribution in [1.29, 1.82) is 0 Å². The van der Waals surface area contributed by atoms with Gasteiger partial charge < -0.3 is 15.8 Å². The van der Waals surface area contributed by atoms with Gasteiger partial charge in [0.25, 0.3) is 0 Å². The molecule has 0 saturated heterocycles. The highest BCUT2D eigenvalue weighted by Crippen LogP contribution is 2.36. The fourth-order valence-electron chi connectivity index (χ4n) is 5.06. The second-order valence-electron chi connectivity index (χ2n) is 10.8. The quantitative estimate of drug-likeness (QED) is 0.278. The van der Waals surface area contributed by atoms with E-state index in [4.69, 9.17) is 20.4 Å². The van der Waals surface area contributed by atoms with E-state index in [1.807, 2.05) is 49.6 Å². The number of aryl methyl sites for hydroxylation is 1. The Hall–Kier alpha value is -4.87. The van der Waals surface area contributed by atoms with Gasteiger partial charge in [0.05, 0.1) is 17.3 Å². The molecule has 1 atom stereocenters. The maximum atomic E-state index is 13.2. The Morgan fingerprint density at radius 1 is 1.12 bits per heavy atom. The van der Waals surface area contributed by atoms with Gasteiger partial charge in [0, 0.05) is 18.1 Å². The van der Waals surface area contributed by atoms with E-state index in [-0.39, 0.29) is 6.04 Å². The van der Waals surface area contributed by atoms with Crippen molar-refractivity contribution in [3.8, 4) is 28.5 Å². The molecule has 12 heteroatoms. The van der Waals surface area contributed by atoms with Crippen LogP contribution in [-0.2, 0) is 11.2 Å². The number of pyridine rings is 2. The number of anilines is 1. The molecule has 10 nitrogen and oxygen atoms in total. The topological polar surface area (TPSA) is 126 Å². The summed E-state index contributed by atoms with van der Waals surface area (Å²) in [6.45, 7) is 2.73. The summed E-state index contributed by atoms with van der Waals surface area (Å²) in [7, 11) is 0. The highest BCUT2D eigenvalue weighted by Gasteiger charge is 2.28. The number of carbonyl (C=O) groups excluding carboxylic acids is 1. The van der Waals surface area contributed by atoms with Crippen LogP contribution in [0.25, 0.3) is 39.6 Å². The number of alkyl halides is 2. The average Bonchev–Trinajstić information content (AvgIpc) is 3.64. The number of benzene rings is 1. The number of nitrogen functional groups attached to an aromatic ring is 1. The van der Waals surface area contributed by atoms with Gasteiger partial charge in [-0.1, -0.05) is 6.07 Å². The lowest BCUT2D eigenvalue weighted by Crippen LogP contribution is -2.34. The molecule has 0 radical (unpaired) electrons. The molecule has 41 heavy (non-hydrogen) atoms. The predicted molar refractivity (Wildman–Crippen MR) is 149 cm³/mol. The zero-order valence-electron chi connectivity index (χ0n) is 22.7. The fourth-order valence-corrected chi connectivity index (χ4v) is 5.06. The molecule has 0 aliphatic heterocycles. The van der Waals surface area contributed by atoms with E-state index < -0.39 is 18.2 Å². The van der Waals surface area contributed by atoms with Gasteiger partial charge in [0.1, 0.15) is 22.6 Å². The first-order chi connectivity index (χ1) is 19.6. The van der Waals surface area contributed by atoms with Crippen molar-refractivity contribution in [3.63, 3.8) is 0 Å². The molecular weight excluding hydrogens is 530 g/mol. The van der Waals surface area contributed by atoms with Crippen LogP contribution in [0.3, 0.4) is 0 Å². The van der Waals surface area contributed by atoms with Crippen LogP contribution in [0, 0.1) is 0 Å². The zero-order valence-corrected chi connectivity index (χ0v) is 22.7. The van der Waals surface area contributed by atoms with E-state index >= 15 is 0 Å². The molecule has 3 N–H and O–H groups in total. The number of ether oxygens (including phenoxy) is 1. The number of carbonyl (C=O) groups is 1. The summed E-state index contributed by atoms with van der Waals surface area (Å²) in [5, 5.41) is 6.95. The Morgan fingerprint density at radius 2 is 1.95 bits per heavy atom. The SMILES string of the molecule is CC(C)(C)OC(=O)N[C@H]1CCc2cc(-n3c(-c4cccnc4N)nc4ccc(-c5ccn(C(F)F)n5)nc43)ccc21. The zero-order chi connectivity index (χ0) is 28.9. The first kappa shape index (κ1) is 26.4. The molecule has 0 bridgehead atoms. The minimum Gasteiger partial charge on any atom is -0.444 e. The van der Waals surface area contributed by atoms with Crippen LogP contribution in [0.5, 0.6) is 0 Å². The maximum Gasteiger partial charge on any atom is 0.408 e. The lowest BCUT2D eigenvalue weighted by atomic mass is 10.1. The molecule has 4 heterocycles. The van der Waals surface area contributed by atoms with Gasteiger partial charge in [0.15, 0.2) is 11.5 Å². The van der Waals surface area contributed by atoms with Crippen LogP contribution in [-0.4, -0.2) is 41.0 Å². The molecule has 0 fully saturated rings. The van der Waals surface area contributed by atoms with Crippen LogP contribution < -0.4 is 11.1 Å². The van der Waals surface area contributed by atoms with Crippen molar-refractivity contribution in [2.24, 2.45) is 0 Å². The average molecular weight is 559 g/mol. The second-order valence-corrected chi connectivity index (χ2v) is 10.8. The minimum absolute atomic E-state index is 0.170. The third-order valence-electron chi connectivity index (χ3n) is 6.81. The van der Waals surface area contributed by atoms with Gasteiger partial charge in [-0.05, 0) is 87.2 Å². The summed E-state index contributed by atoms with van der Waals surface area (Å²) in [5.74, 6) is 0.845. The number of hydrogen-bond acceptors (Lipinski definition) is 7. The summed E-state index contributed by atoms with van der Waals surface area (Å²) >= 11 is 0. The molecule has 1 aliphatic carbocycles. The van der Waals surface area contributed by atoms with Crippen molar-refractivity contribution in [2.75, 3.05) is 5.73 Å². The van der Waals surface area contributed by atoms with Crippen molar-refractivity contribution in [3.05, 3.63) is 72.1 Å². The van der Waals surface area contributed by atoms with Crippen LogP contribution in [0.4, 0.5) is 19.4 Å². The van der Waals surface area contributed by atoms with Gasteiger partial charge >= 0.3 is 12.6 Å². The Bertz CT molecular complexity index is 1770. The third kappa shape index (κ3) is 5.08. The number of hydrogen-bond donors (Lipinski definition) is 2. The van der Waals surface area contributed by atoms with E-state index in [2.05, 4.69) is 15.4 Å². The monoisotopic (exact) mass is 558 g/mol. The maximum absolute atomic E-state index is 13.2. The number of fused-ring (bicyclic) bond motifs is 2. The molecular formula is C29H28F2N8O2. The molecule has 1 aromatic carbocycles. The van der Waals surface area contributed by atoms with Crippen molar-refractivity contribution < 1.29 is 18.3 Å². The Morgan fingerprint density at radius 3 is 2.68 bits per heavy atom. The summed E-state index contributed by atoms with van der Waals surface area (Å²) in [5.41, 5.74) is 11.0. The summed E-state index contributed by atoms with van der Waals surface area (Å²) < 4.78 is 34.2. The third-order valence-corrected chi connectivity index (χ3v) is 6.81. The van der Waals surface area contributed by atoms with Crippen molar-refractivity contribution >= 4 is 23.1 Å². The number of amides is 1. The van der Waals surface area contributed by atoms with E-state index in [0.29, 0.717) is 44.4 Å². The highest BCUT2D eigenvalue weighted by atomic mass is 19.3. The molecule has 1 amide bonds. The number of nitrogens with one attached hydrogen (secondary N) is 1. The number of rotatable bonds is 5. The van der Waals surface area contributed by atoms with Crippen LogP contribution in [0.15, 0.2) is 60.9 Å². The molecule has 6 rings (SSSR count). The van der Waals surface area contributed by atoms with Crippen molar-refractivity contribution in [2.45, 2.75) is 51.8 Å². The first-order valence-electron chi connectivity index (χ1n) is 13.1. The van der Waals surface area contributed by atoms with E-state index in [1.54, 1.807) is 24.4 Å². The number of halogens is 2. The number of alkyl carbamates (subject to hydrolysis) is 1. The van der Waals surface area contributed by atoms with Crippen LogP contribution >= 0.6 is 0 Å². The van der Waals surface area contributed by atoms with E-state index in [0.717, 1.165) is 29.7 Å². The van der Waals surface area contributed by atoms with Gasteiger partial charge in [-0.3, -0.25) is 4.57 Å². The summed E-state index contributed by atoms with van der Waals surface area (Å²) in [4.78, 5) is 26.3. The largest absolute Gasteiger partial charge is 0.444 e. The Balaban J connectivity index is 1.45. The lowest BCUT2D eigenvalue weighted by molar-refractivity contribution is 0.0503. The molecule has 210 valence electrons. The molecule has 4 aromatic heterocycles. The van der Waals surface area contributed by atoms with Gasteiger partial charge in [0.2, 0.25) is 0 Å². The normalized spacial score (nSPS) is 14.9.